The number of fused-ring (bicyclic) bond motifs is 5. The number of benzene rings is 1. The van der Waals surface area contributed by atoms with E-state index < -0.39 is 5.60 Å². The minimum absolute atomic E-state index is 0.0786. The van der Waals surface area contributed by atoms with E-state index in [1.54, 1.807) is 0 Å². The molecule has 0 aromatic heterocycles. The van der Waals surface area contributed by atoms with Gasteiger partial charge in [0.15, 0.2) is 17.3 Å². The first-order chi connectivity index (χ1) is 15.4. The molecular weight excluding hydrogens is 400 g/mol. The van der Waals surface area contributed by atoms with Gasteiger partial charge in [0.25, 0.3) is 0 Å². The van der Waals surface area contributed by atoms with Gasteiger partial charge in [-0.2, -0.15) is 0 Å². The molecule has 0 radical (unpaired) electrons. The van der Waals surface area contributed by atoms with Crippen molar-refractivity contribution in [2.45, 2.75) is 70.3 Å². The quantitative estimate of drug-likeness (QED) is 0.632. The predicted molar refractivity (Wildman–Crippen MR) is 121 cm³/mol. The minimum atomic E-state index is -0.877. The summed E-state index contributed by atoms with van der Waals surface area (Å²) in [7, 11) is 0. The number of hydrogen-bond acceptors (Lipinski definition) is 4. The highest BCUT2D eigenvalue weighted by atomic mass is 16.7. The lowest BCUT2D eigenvalue weighted by Gasteiger charge is -2.51. The van der Waals surface area contributed by atoms with E-state index in [4.69, 9.17) is 9.47 Å². The molecule has 1 N–H and O–H groups in total. The maximum Gasteiger partial charge on any atom is 0.231 e. The van der Waals surface area contributed by atoms with Crippen molar-refractivity contribution >= 4 is 5.78 Å². The van der Waals surface area contributed by atoms with Crippen LogP contribution < -0.4 is 9.47 Å². The SMILES string of the molecule is CC#CC1(O)CC[C@H]2[C@@H]3CCC4=CC(=O)CC(c5ccc6c(c5)OCO6)C4=C3CC[C@@]21C. The van der Waals surface area contributed by atoms with Gasteiger partial charge in [-0.25, -0.2) is 0 Å². The average molecular weight is 431 g/mol. The van der Waals surface area contributed by atoms with Crippen LogP contribution in [0.2, 0.25) is 0 Å². The van der Waals surface area contributed by atoms with Gasteiger partial charge in [0, 0.05) is 17.8 Å². The van der Waals surface area contributed by atoms with Crippen LogP contribution in [0.1, 0.15) is 70.3 Å². The molecule has 4 aliphatic carbocycles. The fourth-order valence-corrected chi connectivity index (χ4v) is 7.48. The topological polar surface area (TPSA) is 55.8 Å². The van der Waals surface area contributed by atoms with Crippen LogP contribution in [0.3, 0.4) is 0 Å². The summed E-state index contributed by atoms with van der Waals surface area (Å²) in [5.41, 5.74) is 4.28. The van der Waals surface area contributed by atoms with Crippen LogP contribution in [0.25, 0.3) is 0 Å². The number of allylic oxidation sites excluding steroid dienone is 4. The number of rotatable bonds is 1. The third-order valence-corrected chi connectivity index (χ3v) is 9.06. The number of carbonyl (C=O) groups is 1. The van der Waals surface area contributed by atoms with E-state index in [1.807, 2.05) is 19.1 Å². The molecule has 166 valence electrons. The summed E-state index contributed by atoms with van der Waals surface area (Å²) in [6.07, 6.45) is 8.16. The first-order valence-corrected chi connectivity index (χ1v) is 12.0. The van der Waals surface area contributed by atoms with Gasteiger partial charge in [-0.15, -0.1) is 5.92 Å². The molecule has 0 bridgehead atoms. The zero-order valence-electron chi connectivity index (χ0n) is 18.9. The lowest BCUT2D eigenvalue weighted by atomic mass is 9.54. The summed E-state index contributed by atoms with van der Waals surface area (Å²) in [5.74, 6) is 8.96. The summed E-state index contributed by atoms with van der Waals surface area (Å²) in [6.45, 7) is 4.35. The Morgan fingerprint density at radius 1 is 1.12 bits per heavy atom. The first-order valence-electron chi connectivity index (χ1n) is 12.0. The zero-order valence-corrected chi connectivity index (χ0v) is 18.9. The predicted octanol–water partition coefficient (Wildman–Crippen LogP) is 5.07. The van der Waals surface area contributed by atoms with Crippen LogP contribution in [0.5, 0.6) is 11.5 Å². The van der Waals surface area contributed by atoms with E-state index in [-0.39, 0.29) is 23.9 Å². The van der Waals surface area contributed by atoms with Gasteiger partial charge in [0.05, 0.1) is 0 Å². The zero-order chi connectivity index (χ0) is 22.1. The highest BCUT2D eigenvalue weighted by molar-refractivity contribution is 5.94. The third kappa shape index (κ3) is 2.70. The molecule has 5 aliphatic rings. The Morgan fingerprint density at radius 2 is 1.97 bits per heavy atom. The van der Waals surface area contributed by atoms with Crippen LogP contribution in [0.15, 0.2) is 41.0 Å². The summed E-state index contributed by atoms with van der Waals surface area (Å²) in [5, 5.41) is 11.5. The lowest BCUT2D eigenvalue weighted by molar-refractivity contribution is -0.115. The van der Waals surface area contributed by atoms with Crippen molar-refractivity contribution in [1.29, 1.82) is 0 Å². The Kier molecular flexibility index (Phi) is 4.40. The van der Waals surface area contributed by atoms with E-state index in [9.17, 15) is 9.90 Å². The number of hydrogen-bond donors (Lipinski definition) is 1. The monoisotopic (exact) mass is 430 g/mol. The van der Waals surface area contributed by atoms with Gasteiger partial charge < -0.3 is 14.6 Å². The molecule has 4 heteroatoms. The number of ketones is 1. The van der Waals surface area contributed by atoms with Crippen LogP contribution in [0.4, 0.5) is 0 Å². The van der Waals surface area contributed by atoms with E-state index in [1.165, 1.54) is 16.7 Å². The molecule has 1 aromatic rings. The van der Waals surface area contributed by atoms with Gasteiger partial charge >= 0.3 is 0 Å². The van der Waals surface area contributed by atoms with Crippen molar-refractivity contribution in [3.8, 4) is 23.3 Å². The molecule has 0 saturated heterocycles. The van der Waals surface area contributed by atoms with Crippen LogP contribution in [-0.2, 0) is 4.79 Å². The molecule has 0 amide bonds. The van der Waals surface area contributed by atoms with Crippen molar-refractivity contribution < 1.29 is 19.4 Å². The second-order valence-corrected chi connectivity index (χ2v) is 10.4. The van der Waals surface area contributed by atoms with Gasteiger partial charge in [-0.1, -0.05) is 24.5 Å². The van der Waals surface area contributed by atoms with E-state index in [2.05, 4.69) is 30.9 Å². The van der Waals surface area contributed by atoms with Crippen LogP contribution in [0, 0.1) is 29.1 Å². The fraction of sp³-hybridized carbons (Fsp3) is 0.536. The Balaban J connectivity index is 1.44. The molecule has 1 aliphatic heterocycles. The highest BCUT2D eigenvalue weighted by Crippen LogP contribution is 2.64. The molecule has 32 heavy (non-hydrogen) atoms. The van der Waals surface area contributed by atoms with Crippen molar-refractivity contribution in [1.82, 2.24) is 0 Å². The van der Waals surface area contributed by atoms with E-state index >= 15 is 0 Å². The largest absolute Gasteiger partial charge is 0.454 e. The van der Waals surface area contributed by atoms with E-state index in [0.717, 1.165) is 55.6 Å². The molecule has 4 nitrogen and oxygen atoms in total. The van der Waals surface area contributed by atoms with Gasteiger partial charge in [-0.3, -0.25) is 4.79 Å². The molecular formula is C28H30O4. The number of ether oxygens (including phenoxy) is 2. The third-order valence-electron chi connectivity index (χ3n) is 9.06. The molecule has 5 atom stereocenters. The first kappa shape index (κ1) is 20.1. The van der Waals surface area contributed by atoms with Crippen molar-refractivity contribution in [2.75, 3.05) is 6.79 Å². The molecule has 2 unspecified atom stereocenters. The van der Waals surface area contributed by atoms with Crippen LogP contribution >= 0.6 is 0 Å². The van der Waals surface area contributed by atoms with Gasteiger partial charge in [-0.05, 0) is 92.2 Å². The molecule has 2 saturated carbocycles. The molecule has 0 spiro atoms. The Bertz CT molecular complexity index is 1130. The normalized spacial score (nSPS) is 37.2. The fourth-order valence-electron chi connectivity index (χ4n) is 7.48. The summed E-state index contributed by atoms with van der Waals surface area (Å²) >= 11 is 0. The molecule has 6 rings (SSSR count). The van der Waals surface area contributed by atoms with Crippen molar-refractivity contribution in [3.05, 3.63) is 46.6 Å². The van der Waals surface area contributed by atoms with Crippen molar-refractivity contribution in [3.63, 3.8) is 0 Å². The second kappa shape index (κ2) is 6.99. The smallest absolute Gasteiger partial charge is 0.231 e. The molecule has 1 aromatic carbocycles. The Hall–Kier alpha value is -2.51. The second-order valence-electron chi connectivity index (χ2n) is 10.4. The maximum absolute atomic E-state index is 12.7. The Morgan fingerprint density at radius 3 is 2.81 bits per heavy atom. The molecule has 1 heterocycles. The number of carbonyl (C=O) groups excluding carboxylic acids is 1. The minimum Gasteiger partial charge on any atom is -0.454 e. The van der Waals surface area contributed by atoms with Crippen LogP contribution in [-0.4, -0.2) is 23.3 Å². The van der Waals surface area contributed by atoms with Gasteiger partial charge in [0.2, 0.25) is 6.79 Å². The Labute approximate surface area is 189 Å². The van der Waals surface area contributed by atoms with Gasteiger partial charge in [0.1, 0.15) is 5.60 Å². The standard InChI is InChI=1S/C28H30O4/c1-3-10-28(30)12-9-23-20-6-4-18-13-19(29)15-22(26(18)21(20)8-11-27(23,28)2)17-5-7-24-25(14-17)32-16-31-24/h5,7,13-14,20,22-23,30H,4,6,8-9,11-12,15-16H2,1-2H3/t20-,22?,23+,27+,28?/m1/s1. The lowest BCUT2D eigenvalue weighted by Crippen LogP contribution is -2.49. The average Bonchev–Trinajstić information content (AvgIpc) is 3.35. The maximum atomic E-state index is 12.7. The van der Waals surface area contributed by atoms with E-state index in [0.29, 0.717) is 18.3 Å². The number of aliphatic hydroxyl groups is 1. The highest BCUT2D eigenvalue weighted by Gasteiger charge is 2.60. The summed E-state index contributed by atoms with van der Waals surface area (Å²) in [4.78, 5) is 12.7. The molecule has 2 fully saturated rings. The van der Waals surface area contributed by atoms with Crippen molar-refractivity contribution in [2.24, 2.45) is 17.3 Å². The summed E-state index contributed by atoms with van der Waals surface area (Å²) < 4.78 is 11.1. The summed E-state index contributed by atoms with van der Waals surface area (Å²) in [6, 6.07) is 6.15.